The molecule has 0 radical (unpaired) electrons. The summed E-state index contributed by atoms with van der Waals surface area (Å²) in [7, 11) is 0. The Bertz CT molecular complexity index is 2740. The summed E-state index contributed by atoms with van der Waals surface area (Å²) in [5.74, 6) is 0. The van der Waals surface area contributed by atoms with Gasteiger partial charge >= 0.3 is 0 Å². The molecule has 0 aliphatic rings. The van der Waals surface area contributed by atoms with E-state index in [9.17, 15) is 0 Å². The Hall–Kier alpha value is -4.80. The average Bonchev–Trinajstić information content (AvgIpc) is 3.80. The van der Waals surface area contributed by atoms with Gasteiger partial charge in [0.05, 0.1) is 9.40 Å². The molecule has 0 amide bonds. The highest BCUT2D eigenvalue weighted by Crippen LogP contribution is 2.46. The van der Waals surface area contributed by atoms with Crippen molar-refractivity contribution in [1.29, 1.82) is 0 Å². The van der Waals surface area contributed by atoms with Crippen LogP contribution in [0.2, 0.25) is 0 Å². The fraction of sp³-hybridized carbons (Fsp3) is 0. The van der Waals surface area contributed by atoms with Crippen molar-refractivity contribution >= 4 is 95.2 Å². The summed E-state index contributed by atoms with van der Waals surface area (Å²) in [5, 5.41) is 11.5. The fourth-order valence-electron chi connectivity index (χ4n) is 6.71. The molecule has 10 aromatic rings. The third kappa shape index (κ3) is 4.16. The fourth-order valence-corrected chi connectivity index (χ4v) is 10.2. The van der Waals surface area contributed by atoms with E-state index in [1.807, 2.05) is 22.7 Å². The van der Waals surface area contributed by atoms with E-state index < -0.39 is 0 Å². The molecular weight excluding hydrogens is 601 g/mol. The number of fused-ring (bicyclic) bond motifs is 8. The lowest BCUT2D eigenvalue weighted by molar-refractivity contribution is 1.59. The van der Waals surface area contributed by atoms with Crippen molar-refractivity contribution < 1.29 is 0 Å². The summed E-state index contributed by atoms with van der Waals surface area (Å²) in [6, 6.07) is 52.0. The van der Waals surface area contributed by atoms with Crippen LogP contribution in [-0.2, 0) is 0 Å². The molecule has 0 atom stereocenters. The number of benzene rings is 7. The molecule has 0 spiro atoms. The Morgan fingerprint density at radius 3 is 1.40 bits per heavy atom. The molecule has 3 aromatic heterocycles. The predicted octanol–water partition coefficient (Wildman–Crippen LogP) is 13.8. The normalized spacial score (nSPS) is 12.0. The first-order valence-electron chi connectivity index (χ1n) is 15.1. The van der Waals surface area contributed by atoms with Crippen LogP contribution in [0.1, 0.15) is 0 Å². The smallest absolute Gasteiger partial charge is 0.0542 e. The van der Waals surface area contributed by atoms with E-state index in [4.69, 9.17) is 0 Å². The van der Waals surface area contributed by atoms with Crippen LogP contribution in [0.5, 0.6) is 0 Å². The Morgan fingerprint density at radius 1 is 0.311 bits per heavy atom. The lowest BCUT2D eigenvalue weighted by atomic mass is 9.97. The first kappa shape index (κ1) is 25.5. The zero-order valence-corrected chi connectivity index (χ0v) is 26.5. The van der Waals surface area contributed by atoms with Gasteiger partial charge in [0.2, 0.25) is 0 Å². The van der Waals surface area contributed by atoms with Crippen molar-refractivity contribution in [2.75, 3.05) is 0 Å². The zero-order valence-electron chi connectivity index (χ0n) is 24.1. The van der Waals surface area contributed by atoms with Gasteiger partial charge in [0, 0.05) is 24.9 Å². The maximum absolute atomic E-state index is 2.40. The van der Waals surface area contributed by atoms with Crippen LogP contribution in [0.25, 0.3) is 94.6 Å². The van der Waals surface area contributed by atoms with Crippen molar-refractivity contribution in [3.8, 4) is 33.4 Å². The largest absolute Gasteiger partial charge is 0.144 e. The molecule has 0 aliphatic heterocycles. The zero-order chi connectivity index (χ0) is 29.5. The summed E-state index contributed by atoms with van der Waals surface area (Å²) >= 11 is 5.66. The summed E-state index contributed by atoms with van der Waals surface area (Å²) < 4.78 is 6.91. The lowest BCUT2D eigenvalue weighted by Gasteiger charge is -2.08. The Labute approximate surface area is 272 Å². The second-order valence-corrected chi connectivity index (χ2v) is 14.8. The molecule has 0 N–H and O–H groups in total. The molecular formula is C42H24S3. The van der Waals surface area contributed by atoms with Crippen molar-refractivity contribution in [3.05, 3.63) is 145 Å². The van der Waals surface area contributed by atoms with Crippen LogP contribution in [0.4, 0.5) is 0 Å². The minimum atomic E-state index is 1.24. The summed E-state index contributed by atoms with van der Waals surface area (Å²) in [6.45, 7) is 0. The van der Waals surface area contributed by atoms with E-state index in [1.54, 1.807) is 11.3 Å². The second-order valence-electron chi connectivity index (χ2n) is 11.8. The standard InChI is InChI=1S/C42H24S3/c1-2-4-31-23-39-36(20-30(31)3-1)41-42(44-39)37-21-33-16-15-32(19-35(33)24-40(37)45-41)27-9-5-25(6-10-27)26-7-11-28(12-8-26)34-14-13-29-17-18-43-38(29)22-34/h1-24H. The van der Waals surface area contributed by atoms with Crippen LogP contribution in [-0.4, -0.2) is 0 Å². The Morgan fingerprint density at radius 2 is 0.778 bits per heavy atom. The summed E-state index contributed by atoms with van der Waals surface area (Å²) in [4.78, 5) is 0. The molecule has 0 saturated carbocycles. The number of thiophene rings is 3. The van der Waals surface area contributed by atoms with E-state index in [-0.39, 0.29) is 0 Å². The maximum atomic E-state index is 2.40. The molecule has 3 heterocycles. The van der Waals surface area contributed by atoms with E-state index in [0.29, 0.717) is 0 Å². The van der Waals surface area contributed by atoms with Crippen LogP contribution < -0.4 is 0 Å². The van der Waals surface area contributed by atoms with Gasteiger partial charge in [-0.25, -0.2) is 0 Å². The van der Waals surface area contributed by atoms with Gasteiger partial charge in [0.15, 0.2) is 0 Å². The number of rotatable bonds is 3. The molecule has 0 saturated heterocycles. The third-order valence-electron chi connectivity index (χ3n) is 9.13. The van der Waals surface area contributed by atoms with Crippen molar-refractivity contribution in [3.63, 3.8) is 0 Å². The summed E-state index contributed by atoms with van der Waals surface area (Å²) in [6.07, 6.45) is 0. The number of hydrogen-bond acceptors (Lipinski definition) is 3. The van der Waals surface area contributed by atoms with Crippen LogP contribution in [0, 0.1) is 0 Å². The molecule has 0 aliphatic carbocycles. The molecule has 0 unspecified atom stereocenters. The predicted molar refractivity (Wildman–Crippen MR) is 201 cm³/mol. The van der Waals surface area contributed by atoms with Gasteiger partial charge in [-0.05, 0) is 108 Å². The van der Waals surface area contributed by atoms with Gasteiger partial charge in [0.1, 0.15) is 0 Å². The number of hydrogen-bond donors (Lipinski definition) is 0. The van der Waals surface area contributed by atoms with E-state index >= 15 is 0 Å². The molecule has 0 bridgehead atoms. The van der Waals surface area contributed by atoms with Gasteiger partial charge < -0.3 is 0 Å². The average molecular weight is 625 g/mol. The van der Waals surface area contributed by atoms with Crippen molar-refractivity contribution in [2.24, 2.45) is 0 Å². The Kier molecular flexibility index (Phi) is 5.59. The first-order valence-corrected chi connectivity index (χ1v) is 17.6. The maximum Gasteiger partial charge on any atom is 0.0542 e. The van der Waals surface area contributed by atoms with E-state index in [0.717, 1.165) is 0 Å². The van der Waals surface area contributed by atoms with Crippen molar-refractivity contribution in [2.45, 2.75) is 0 Å². The molecule has 0 fully saturated rings. The molecule has 3 heteroatoms. The SMILES string of the molecule is c1ccc2cc3c(cc2c1)sc1c2cc4ccc(-c5ccc(-c6ccc(-c7ccc8ccsc8c7)cc6)cc5)cc4cc2sc31. The van der Waals surface area contributed by atoms with E-state index in [1.165, 1.54) is 94.6 Å². The van der Waals surface area contributed by atoms with Crippen LogP contribution in [0.3, 0.4) is 0 Å². The molecule has 10 rings (SSSR count). The minimum Gasteiger partial charge on any atom is -0.144 e. The van der Waals surface area contributed by atoms with Gasteiger partial charge in [0.25, 0.3) is 0 Å². The van der Waals surface area contributed by atoms with Gasteiger partial charge in [-0.1, -0.05) is 97.1 Å². The van der Waals surface area contributed by atoms with Gasteiger partial charge in [-0.3, -0.25) is 0 Å². The highest BCUT2D eigenvalue weighted by molar-refractivity contribution is 7.36. The monoisotopic (exact) mass is 624 g/mol. The minimum absolute atomic E-state index is 1.24. The lowest BCUT2D eigenvalue weighted by Crippen LogP contribution is -1.83. The quantitative estimate of drug-likeness (QED) is 0.183. The molecule has 210 valence electrons. The van der Waals surface area contributed by atoms with E-state index in [2.05, 4.69) is 145 Å². The topological polar surface area (TPSA) is 0 Å². The molecule has 7 aromatic carbocycles. The Balaban J connectivity index is 0.972. The van der Waals surface area contributed by atoms with Crippen molar-refractivity contribution in [1.82, 2.24) is 0 Å². The third-order valence-corrected chi connectivity index (χ3v) is 12.5. The van der Waals surface area contributed by atoms with Gasteiger partial charge in [-0.2, -0.15) is 0 Å². The second kappa shape index (κ2) is 9.85. The summed E-state index contributed by atoms with van der Waals surface area (Å²) in [5.41, 5.74) is 7.49. The van der Waals surface area contributed by atoms with Crippen LogP contribution >= 0.6 is 34.0 Å². The molecule has 45 heavy (non-hydrogen) atoms. The van der Waals surface area contributed by atoms with Gasteiger partial charge in [-0.15, -0.1) is 34.0 Å². The van der Waals surface area contributed by atoms with Crippen LogP contribution in [0.15, 0.2) is 145 Å². The highest BCUT2D eigenvalue weighted by atomic mass is 32.1. The highest BCUT2D eigenvalue weighted by Gasteiger charge is 2.14. The first-order chi connectivity index (χ1) is 22.2. The molecule has 0 nitrogen and oxygen atoms in total.